The van der Waals surface area contributed by atoms with Crippen molar-refractivity contribution in [1.82, 2.24) is 9.13 Å². The SMILES string of the molecule is COc1ccc(NC(=O)Cn2c(=O)n(-c3ccc(C)c(Cl)c3)c(=O)c3ccccc32)cc1. The summed E-state index contributed by atoms with van der Waals surface area (Å²) in [6.45, 7) is 1.56. The number of hydrogen-bond donors (Lipinski definition) is 1. The van der Waals surface area contributed by atoms with E-state index in [9.17, 15) is 14.4 Å². The van der Waals surface area contributed by atoms with Crippen LogP contribution in [0.3, 0.4) is 0 Å². The summed E-state index contributed by atoms with van der Waals surface area (Å²) in [5.41, 5.74) is 0.999. The second kappa shape index (κ2) is 8.72. The minimum absolute atomic E-state index is 0.273. The number of halogens is 1. The van der Waals surface area contributed by atoms with Crippen LogP contribution in [0.1, 0.15) is 5.56 Å². The largest absolute Gasteiger partial charge is 0.497 e. The number of hydrogen-bond acceptors (Lipinski definition) is 4. The standard InChI is InChI=1S/C24H20ClN3O4/c1-15-7-10-17(13-20(15)25)28-23(30)19-5-3-4-6-21(19)27(24(28)31)14-22(29)26-16-8-11-18(32-2)12-9-16/h3-13H,14H2,1-2H3,(H,26,29). The van der Waals surface area contributed by atoms with E-state index in [0.29, 0.717) is 33.0 Å². The van der Waals surface area contributed by atoms with Gasteiger partial charge in [-0.2, -0.15) is 0 Å². The molecule has 0 aliphatic carbocycles. The van der Waals surface area contributed by atoms with Gasteiger partial charge in [0, 0.05) is 10.7 Å². The second-order valence-electron chi connectivity index (χ2n) is 7.24. The number of fused-ring (bicyclic) bond motifs is 1. The summed E-state index contributed by atoms with van der Waals surface area (Å²) in [4.78, 5) is 39.2. The lowest BCUT2D eigenvalue weighted by atomic mass is 10.2. The highest BCUT2D eigenvalue weighted by atomic mass is 35.5. The number of carbonyl (C=O) groups is 1. The van der Waals surface area contributed by atoms with E-state index in [1.54, 1.807) is 73.8 Å². The first kappa shape index (κ1) is 21.4. The molecule has 3 aromatic carbocycles. The Morgan fingerprint density at radius 2 is 1.75 bits per heavy atom. The summed E-state index contributed by atoms with van der Waals surface area (Å²) in [6, 6.07) is 18.5. The minimum atomic E-state index is -0.626. The summed E-state index contributed by atoms with van der Waals surface area (Å²) in [6.07, 6.45) is 0. The first-order chi connectivity index (χ1) is 15.4. The van der Waals surface area contributed by atoms with Gasteiger partial charge in [0.1, 0.15) is 12.3 Å². The van der Waals surface area contributed by atoms with E-state index in [2.05, 4.69) is 5.32 Å². The van der Waals surface area contributed by atoms with E-state index < -0.39 is 17.2 Å². The number of anilines is 1. The van der Waals surface area contributed by atoms with Crippen LogP contribution in [0.25, 0.3) is 16.6 Å². The fourth-order valence-electron chi connectivity index (χ4n) is 3.44. The van der Waals surface area contributed by atoms with Gasteiger partial charge >= 0.3 is 5.69 Å². The molecule has 0 saturated carbocycles. The highest BCUT2D eigenvalue weighted by molar-refractivity contribution is 6.31. The Labute approximate surface area is 188 Å². The summed E-state index contributed by atoms with van der Waals surface area (Å²) >= 11 is 6.23. The van der Waals surface area contributed by atoms with Crippen molar-refractivity contribution in [2.75, 3.05) is 12.4 Å². The lowest BCUT2D eigenvalue weighted by Gasteiger charge is -2.15. The summed E-state index contributed by atoms with van der Waals surface area (Å²) in [5.74, 6) is 0.253. The maximum atomic E-state index is 13.4. The summed E-state index contributed by atoms with van der Waals surface area (Å²) in [5, 5.41) is 3.52. The Bertz CT molecular complexity index is 1440. The molecule has 0 spiro atoms. The number of amides is 1. The molecular formula is C24H20ClN3O4. The van der Waals surface area contributed by atoms with Gasteiger partial charge in [-0.15, -0.1) is 0 Å². The van der Waals surface area contributed by atoms with Crippen LogP contribution in [0.4, 0.5) is 5.69 Å². The van der Waals surface area contributed by atoms with Crippen LogP contribution in [0.2, 0.25) is 5.02 Å². The second-order valence-corrected chi connectivity index (χ2v) is 7.64. The molecule has 4 aromatic rings. The van der Waals surface area contributed by atoms with Gasteiger partial charge in [0.05, 0.1) is 23.7 Å². The highest BCUT2D eigenvalue weighted by Crippen LogP contribution is 2.19. The number of ether oxygens (including phenoxy) is 1. The van der Waals surface area contributed by atoms with Crippen molar-refractivity contribution in [2.24, 2.45) is 0 Å². The molecule has 1 amide bonds. The number of carbonyl (C=O) groups excluding carboxylic acids is 1. The van der Waals surface area contributed by atoms with Crippen molar-refractivity contribution in [3.8, 4) is 11.4 Å². The molecule has 1 heterocycles. The predicted molar refractivity (Wildman–Crippen MR) is 125 cm³/mol. The number of para-hydroxylation sites is 1. The van der Waals surface area contributed by atoms with Gasteiger partial charge in [-0.25, -0.2) is 9.36 Å². The van der Waals surface area contributed by atoms with Crippen molar-refractivity contribution < 1.29 is 9.53 Å². The molecule has 32 heavy (non-hydrogen) atoms. The number of nitrogens with zero attached hydrogens (tertiary/aromatic N) is 2. The zero-order valence-electron chi connectivity index (χ0n) is 17.5. The smallest absolute Gasteiger partial charge is 0.336 e. The molecule has 4 rings (SSSR count). The first-order valence-electron chi connectivity index (χ1n) is 9.84. The Hall–Kier alpha value is -3.84. The van der Waals surface area contributed by atoms with E-state index >= 15 is 0 Å². The maximum absolute atomic E-state index is 13.4. The van der Waals surface area contributed by atoms with Gasteiger partial charge in [-0.1, -0.05) is 29.8 Å². The molecule has 0 aliphatic rings. The Morgan fingerprint density at radius 3 is 2.44 bits per heavy atom. The van der Waals surface area contributed by atoms with Gasteiger partial charge in [0.15, 0.2) is 0 Å². The van der Waals surface area contributed by atoms with E-state index in [1.165, 1.54) is 4.57 Å². The fourth-order valence-corrected chi connectivity index (χ4v) is 3.62. The van der Waals surface area contributed by atoms with E-state index in [4.69, 9.17) is 16.3 Å². The summed E-state index contributed by atoms with van der Waals surface area (Å²) < 4.78 is 7.43. The maximum Gasteiger partial charge on any atom is 0.336 e. The molecule has 8 heteroatoms. The Balaban J connectivity index is 1.79. The number of aromatic nitrogens is 2. The van der Waals surface area contributed by atoms with Crippen LogP contribution < -0.4 is 21.3 Å². The van der Waals surface area contributed by atoms with Gasteiger partial charge in [-0.3, -0.25) is 14.2 Å². The molecule has 0 aliphatic heterocycles. The third-order valence-electron chi connectivity index (χ3n) is 5.14. The van der Waals surface area contributed by atoms with Crippen LogP contribution >= 0.6 is 11.6 Å². The van der Waals surface area contributed by atoms with Crippen LogP contribution in [-0.4, -0.2) is 22.2 Å². The normalized spacial score (nSPS) is 10.8. The summed E-state index contributed by atoms with van der Waals surface area (Å²) in [7, 11) is 1.56. The van der Waals surface area contributed by atoms with E-state index in [0.717, 1.165) is 10.1 Å². The van der Waals surface area contributed by atoms with E-state index in [1.807, 2.05) is 6.92 Å². The van der Waals surface area contributed by atoms with Crippen molar-refractivity contribution in [1.29, 1.82) is 0 Å². The Kier molecular flexibility index (Phi) is 5.83. The van der Waals surface area contributed by atoms with Crippen molar-refractivity contribution in [2.45, 2.75) is 13.5 Å². The molecule has 0 fully saturated rings. The van der Waals surface area contributed by atoms with E-state index in [-0.39, 0.29) is 6.54 Å². The number of methoxy groups -OCH3 is 1. The van der Waals surface area contributed by atoms with Gasteiger partial charge in [-0.05, 0) is 61.0 Å². The molecule has 0 saturated heterocycles. The zero-order chi connectivity index (χ0) is 22.8. The monoisotopic (exact) mass is 449 g/mol. The van der Waals surface area contributed by atoms with Gasteiger partial charge in [0.2, 0.25) is 5.91 Å². The molecule has 0 bridgehead atoms. The average molecular weight is 450 g/mol. The molecule has 1 N–H and O–H groups in total. The molecule has 0 atom stereocenters. The third-order valence-corrected chi connectivity index (χ3v) is 5.55. The minimum Gasteiger partial charge on any atom is -0.497 e. The van der Waals surface area contributed by atoms with Gasteiger partial charge < -0.3 is 10.1 Å². The molecular weight excluding hydrogens is 430 g/mol. The lowest BCUT2D eigenvalue weighted by Crippen LogP contribution is -2.40. The molecule has 7 nitrogen and oxygen atoms in total. The van der Waals surface area contributed by atoms with Crippen LogP contribution in [0.5, 0.6) is 5.75 Å². The Morgan fingerprint density at radius 1 is 1.03 bits per heavy atom. The van der Waals surface area contributed by atoms with Crippen molar-refractivity contribution >= 4 is 34.1 Å². The number of nitrogens with one attached hydrogen (secondary N) is 1. The van der Waals surface area contributed by atoms with Crippen LogP contribution in [0.15, 0.2) is 76.3 Å². The molecule has 162 valence electrons. The quantitative estimate of drug-likeness (QED) is 0.503. The topological polar surface area (TPSA) is 82.3 Å². The predicted octanol–water partition coefficient (Wildman–Crippen LogP) is 3.76. The number of aryl methyl sites for hydroxylation is 1. The van der Waals surface area contributed by atoms with Crippen molar-refractivity contribution in [3.63, 3.8) is 0 Å². The van der Waals surface area contributed by atoms with Crippen LogP contribution in [0, 0.1) is 6.92 Å². The molecule has 1 aromatic heterocycles. The van der Waals surface area contributed by atoms with Gasteiger partial charge in [0.25, 0.3) is 5.56 Å². The first-order valence-corrected chi connectivity index (χ1v) is 10.2. The highest BCUT2D eigenvalue weighted by Gasteiger charge is 2.17. The zero-order valence-corrected chi connectivity index (χ0v) is 18.2. The number of benzene rings is 3. The number of rotatable bonds is 5. The fraction of sp³-hybridized carbons (Fsp3) is 0.125. The molecule has 0 unspecified atom stereocenters. The van der Waals surface area contributed by atoms with Crippen molar-refractivity contribution in [3.05, 3.63) is 98.2 Å². The van der Waals surface area contributed by atoms with Crippen LogP contribution in [-0.2, 0) is 11.3 Å². The lowest BCUT2D eigenvalue weighted by molar-refractivity contribution is -0.116. The third kappa shape index (κ3) is 4.02. The average Bonchev–Trinajstić information content (AvgIpc) is 2.79. The molecule has 0 radical (unpaired) electrons.